The van der Waals surface area contributed by atoms with Crippen molar-refractivity contribution in [1.82, 2.24) is 10.2 Å². The molecule has 1 aromatic carbocycles. The molecule has 0 bridgehead atoms. The minimum absolute atomic E-state index is 0. The van der Waals surface area contributed by atoms with Crippen LogP contribution < -0.4 is 15.8 Å². The lowest BCUT2D eigenvalue weighted by Crippen LogP contribution is -2.41. The average molecular weight is 392 g/mol. The van der Waals surface area contributed by atoms with E-state index in [0.717, 1.165) is 25.4 Å². The Morgan fingerprint density at radius 1 is 1.24 bits per heavy atom. The number of nitrogens with two attached hydrogens (primary N) is 1. The molecule has 5 nitrogen and oxygen atoms in total. The number of ether oxygens (including phenoxy) is 1. The highest BCUT2D eigenvalue weighted by Crippen LogP contribution is 2.32. The van der Waals surface area contributed by atoms with Gasteiger partial charge in [-0.1, -0.05) is 13.8 Å². The van der Waals surface area contributed by atoms with Gasteiger partial charge in [0.1, 0.15) is 12.4 Å². The third-order valence-electron chi connectivity index (χ3n) is 4.45. The third-order valence-corrected chi connectivity index (χ3v) is 4.45. The average Bonchev–Trinajstić information content (AvgIpc) is 3.42. The zero-order valence-corrected chi connectivity index (χ0v) is 16.7. The maximum Gasteiger partial charge on any atom is 0.251 e. The molecule has 3 N–H and O–H groups in total. The molecule has 0 saturated heterocycles. The molecule has 0 radical (unpaired) electrons. The molecule has 2 rings (SSSR count). The van der Waals surface area contributed by atoms with Crippen LogP contribution in [0.15, 0.2) is 24.3 Å². The smallest absolute Gasteiger partial charge is 0.251 e. The van der Waals surface area contributed by atoms with E-state index in [-0.39, 0.29) is 36.8 Å². The number of rotatable bonds is 10. The van der Waals surface area contributed by atoms with Gasteiger partial charge in [-0.05, 0) is 56.1 Å². The highest BCUT2D eigenvalue weighted by Gasteiger charge is 2.31. The molecule has 7 heteroatoms. The zero-order valence-electron chi connectivity index (χ0n) is 15.1. The number of hydrogen-bond acceptors (Lipinski definition) is 4. The summed E-state index contributed by atoms with van der Waals surface area (Å²) in [6.07, 6.45) is 2.34. The Bertz CT molecular complexity index is 492. The van der Waals surface area contributed by atoms with Crippen LogP contribution in [-0.4, -0.2) is 49.6 Å². The van der Waals surface area contributed by atoms with Crippen molar-refractivity contribution in [1.29, 1.82) is 0 Å². The lowest BCUT2D eigenvalue weighted by Gasteiger charge is -2.18. The minimum Gasteiger partial charge on any atom is -0.492 e. The first-order chi connectivity index (χ1) is 11.2. The van der Waals surface area contributed by atoms with Crippen molar-refractivity contribution in [3.05, 3.63) is 29.8 Å². The van der Waals surface area contributed by atoms with Crippen LogP contribution in [0.5, 0.6) is 5.75 Å². The minimum atomic E-state index is -0.0537. The number of likely N-dealkylation sites (N-methyl/N-ethyl adjacent to an activating group) is 1. The number of carbonyl (C=O) groups excluding carboxylic acids is 1. The van der Waals surface area contributed by atoms with Crippen LogP contribution in [0.3, 0.4) is 0 Å². The van der Waals surface area contributed by atoms with Crippen LogP contribution in [0, 0.1) is 5.92 Å². The van der Waals surface area contributed by atoms with Crippen molar-refractivity contribution in [2.75, 3.05) is 32.8 Å². The lowest BCUT2D eigenvalue weighted by molar-refractivity contribution is 0.0933. The van der Waals surface area contributed by atoms with Crippen LogP contribution in [-0.2, 0) is 0 Å². The molecule has 0 spiro atoms. The Labute approximate surface area is 163 Å². The van der Waals surface area contributed by atoms with E-state index >= 15 is 0 Å². The summed E-state index contributed by atoms with van der Waals surface area (Å²) in [6.45, 7) is 8.42. The van der Waals surface area contributed by atoms with Crippen molar-refractivity contribution >= 4 is 30.7 Å². The van der Waals surface area contributed by atoms with E-state index in [1.165, 1.54) is 12.8 Å². The second-order valence-electron chi connectivity index (χ2n) is 6.05. The second-order valence-corrected chi connectivity index (χ2v) is 6.05. The fraction of sp³-hybridized carbons (Fsp3) is 0.611. The summed E-state index contributed by atoms with van der Waals surface area (Å²) in [5, 5.41) is 3.03. The first kappa shape index (κ1) is 24.0. The summed E-state index contributed by atoms with van der Waals surface area (Å²) in [4.78, 5) is 14.5. The molecule has 1 fully saturated rings. The molecule has 144 valence electrons. The molecule has 1 aliphatic rings. The molecule has 1 saturated carbocycles. The van der Waals surface area contributed by atoms with Crippen molar-refractivity contribution < 1.29 is 9.53 Å². The molecule has 25 heavy (non-hydrogen) atoms. The normalized spacial score (nSPS) is 14.2. The van der Waals surface area contributed by atoms with E-state index < -0.39 is 0 Å². The summed E-state index contributed by atoms with van der Waals surface area (Å²) in [5.74, 6) is 1.31. The van der Waals surface area contributed by atoms with E-state index in [1.807, 2.05) is 24.3 Å². The summed E-state index contributed by atoms with van der Waals surface area (Å²) < 4.78 is 5.73. The number of amides is 1. The molecular formula is C18H31Cl2N3O2. The lowest BCUT2D eigenvalue weighted by atomic mass is 10.1. The van der Waals surface area contributed by atoms with Gasteiger partial charge in [0.05, 0.1) is 0 Å². The van der Waals surface area contributed by atoms with Crippen molar-refractivity contribution in [3.8, 4) is 5.75 Å². The summed E-state index contributed by atoms with van der Waals surface area (Å²) >= 11 is 0. The Hall–Kier alpha value is -1.01. The van der Waals surface area contributed by atoms with Crippen LogP contribution >= 0.6 is 24.8 Å². The van der Waals surface area contributed by atoms with E-state index in [0.29, 0.717) is 24.6 Å². The van der Waals surface area contributed by atoms with Crippen molar-refractivity contribution in [2.24, 2.45) is 11.7 Å². The van der Waals surface area contributed by atoms with Gasteiger partial charge in [-0.25, -0.2) is 0 Å². The monoisotopic (exact) mass is 391 g/mol. The SMILES string of the molecule is CCN(CC)CCOc1ccc(C(=O)NC(CN)C2CC2)cc1.Cl.Cl. The molecule has 1 aromatic rings. The highest BCUT2D eigenvalue weighted by molar-refractivity contribution is 5.94. The van der Waals surface area contributed by atoms with E-state index in [4.69, 9.17) is 10.5 Å². The number of nitrogens with zero attached hydrogens (tertiary/aromatic N) is 1. The van der Waals surface area contributed by atoms with Gasteiger partial charge < -0.3 is 20.7 Å². The molecule has 0 aromatic heterocycles. The van der Waals surface area contributed by atoms with E-state index in [9.17, 15) is 4.79 Å². The van der Waals surface area contributed by atoms with Gasteiger partial charge in [0.25, 0.3) is 5.91 Å². The summed E-state index contributed by atoms with van der Waals surface area (Å²) in [6, 6.07) is 7.43. The quantitative estimate of drug-likeness (QED) is 0.643. The van der Waals surface area contributed by atoms with Crippen molar-refractivity contribution in [3.63, 3.8) is 0 Å². The first-order valence-electron chi connectivity index (χ1n) is 8.64. The zero-order chi connectivity index (χ0) is 16.7. The number of hydrogen-bond donors (Lipinski definition) is 2. The van der Waals surface area contributed by atoms with Crippen LogP contribution in [0.2, 0.25) is 0 Å². The van der Waals surface area contributed by atoms with Gasteiger partial charge in [-0.3, -0.25) is 4.79 Å². The standard InChI is InChI=1S/C18H29N3O2.2ClH/c1-3-21(4-2)11-12-23-16-9-7-15(8-10-16)18(22)20-17(13-19)14-5-6-14;;/h7-10,14,17H,3-6,11-13,19H2,1-2H3,(H,20,22);2*1H. The van der Waals surface area contributed by atoms with Crippen LogP contribution in [0.25, 0.3) is 0 Å². The first-order valence-corrected chi connectivity index (χ1v) is 8.64. The number of nitrogens with one attached hydrogen (secondary N) is 1. The Morgan fingerprint density at radius 3 is 2.32 bits per heavy atom. The van der Waals surface area contributed by atoms with Gasteiger partial charge in [0.2, 0.25) is 0 Å². The fourth-order valence-corrected chi connectivity index (χ4v) is 2.65. The number of benzene rings is 1. The largest absolute Gasteiger partial charge is 0.492 e. The highest BCUT2D eigenvalue weighted by atomic mass is 35.5. The van der Waals surface area contributed by atoms with E-state index in [2.05, 4.69) is 24.1 Å². The number of halogens is 2. The van der Waals surface area contributed by atoms with Gasteiger partial charge in [0.15, 0.2) is 0 Å². The Balaban J connectivity index is 0.00000288. The van der Waals surface area contributed by atoms with Crippen LogP contribution in [0.4, 0.5) is 0 Å². The fourth-order valence-electron chi connectivity index (χ4n) is 2.65. The van der Waals surface area contributed by atoms with Gasteiger partial charge in [0, 0.05) is 24.7 Å². The van der Waals surface area contributed by atoms with Gasteiger partial charge in [-0.15, -0.1) is 24.8 Å². The summed E-state index contributed by atoms with van der Waals surface area (Å²) in [7, 11) is 0. The summed E-state index contributed by atoms with van der Waals surface area (Å²) in [5.41, 5.74) is 6.38. The molecule has 0 heterocycles. The molecule has 0 aliphatic heterocycles. The number of carbonyl (C=O) groups is 1. The second kappa shape index (κ2) is 12.4. The molecule has 1 aliphatic carbocycles. The Kier molecular flexibility index (Phi) is 11.9. The molecule has 1 atom stereocenters. The third kappa shape index (κ3) is 7.82. The van der Waals surface area contributed by atoms with Gasteiger partial charge in [-0.2, -0.15) is 0 Å². The molecular weight excluding hydrogens is 361 g/mol. The topological polar surface area (TPSA) is 67.6 Å². The molecule has 1 unspecified atom stereocenters. The predicted molar refractivity (Wildman–Crippen MR) is 107 cm³/mol. The Morgan fingerprint density at radius 2 is 1.84 bits per heavy atom. The maximum atomic E-state index is 12.2. The molecule has 1 amide bonds. The maximum absolute atomic E-state index is 12.2. The van der Waals surface area contributed by atoms with Gasteiger partial charge >= 0.3 is 0 Å². The van der Waals surface area contributed by atoms with E-state index in [1.54, 1.807) is 0 Å². The van der Waals surface area contributed by atoms with Crippen LogP contribution in [0.1, 0.15) is 37.0 Å². The predicted octanol–water partition coefficient (Wildman–Crippen LogP) is 2.72. The van der Waals surface area contributed by atoms with Crippen molar-refractivity contribution in [2.45, 2.75) is 32.7 Å².